The number of halogens is 6. The number of likely N-dealkylation sites (tertiary alicyclic amines) is 1. The van der Waals surface area contributed by atoms with Gasteiger partial charge in [-0.2, -0.15) is 26.3 Å². The number of aliphatic hydroxyl groups excluding tert-OH is 1. The van der Waals surface area contributed by atoms with Crippen molar-refractivity contribution in [2.75, 3.05) is 7.11 Å². The number of carbonyl (C=O) groups excluding carboxylic acids is 2. The predicted octanol–water partition coefficient (Wildman–Crippen LogP) is 7.25. The molecule has 0 bridgehead atoms. The molecule has 7 nitrogen and oxygen atoms in total. The van der Waals surface area contributed by atoms with Crippen LogP contribution in [-0.2, 0) is 28.4 Å². The molecular weight excluding hydrogens is 558 g/mol. The van der Waals surface area contributed by atoms with Gasteiger partial charge in [0.2, 0.25) is 0 Å². The van der Waals surface area contributed by atoms with Gasteiger partial charge in [-0.1, -0.05) is 20.8 Å². The highest BCUT2D eigenvalue weighted by molar-refractivity contribution is 5.70. The Kier molecular flexibility index (Phi) is 11.0. The van der Waals surface area contributed by atoms with Gasteiger partial charge in [-0.05, 0) is 76.1 Å². The zero-order chi connectivity index (χ0) is 31.5. The minimum atomic E-state index is -5.05. The zero-order valence-corrected chi connectivity index (χ0v) is 24.4. The van der Waals surface area contributed by atoms with Crippen molar-refractivity contribution in [3.63, 3.8) is 0 Å². The average Bonchev–Trinajstić information content (AvgIpc) is 2.83. The van der Waals surface area contributed by atoms with Gasteiger partial charge in [0.25, 0.3) is 0 Å². The number of nitrogens with zero attached hydrogens (tertiary/aromatic N) is 2. The number of aliphatic hydroxyl groups is 1. The third-order valence-corrected chi connectivity index (χ3v) is 7.08. The van der Waals surface area contributed by atoms with Gasteiger partial charge in [0.05, 0.1) is 24.3 Å². The largest absolute Gasteiger partial charge is 0.453 e. The fourth-order valence-corrected chi connectivity index (χ4v) is 5.01. The van der Waals surface area contributed by atoms with E-state index in [9.17, 15) is 41.0 Å². The minimum absolute atomic E-state index is 0.0295. The number of alkyl halides is 6. The quantitative estimate of drug-likeness (QED) is 0.335. The molecule has 1 aliphatic rings. The molecule has 1 saturated heterocycles. The Morgan fingerprint density at radius 3 is 1.93 bits per heavy atom. The monoisotopic (exact) mass is 598 g/mol. The number of amides is 2. The lowest BCUT2D eigenvalue weighted by atomic mass is 9.85. The fourth-order valence-electron chi connectivity index (χ4n) is 5.01. The summed E-state index contributed by atoms with van der Waals surface area (Å²) in [5, 5.41) is 10.7. The van der Waals surface area contributed by atoms with Gasteiger partial charge in [-0.3, -0.25) is 0 Å². The maximum absolute atomic E-state index is 13.5. The van der Waals surface area contributed by atoms with E-state index in [1.54, 1.807) is 34.6 Å². The van der Waals surface area contributed by atoms with Gasteiger partial charge in [-0.25, -0.2) is 9.59 Å². The van der Waals surface area contributed by atoms with Crippen molar-refractivity contribution < 1.29 is 50.5 Å². The SMILES string of the molecule is CC[C@@H]1C[C@H](N(Cc2cc(C(F)(F)F)cc(C(F)(F)F)c2)C(=O)OC)C[C@H](C[C@H](O)C(C)C)N1C(=O)OC(C)(C)C. The second-order valence-electron chi connectivity index (χ2n) is 11.8. The van der Waals surface area contributed by atoms with Crippen LogP contribution < -0.4 is 0 Å². The van der Waals surface area contributed by atoms with E-state index in [-0.39, 0.29) is 36.8 Å². The van der Waals surface area contributed by atoms with E-state index in [4.69, 9.17) is 9.47 Å². The van der Waals surface area contributed by atoms with E-state index in [0.29, 0.717) is 18.6 Å². The lowest BCUT2D eigenvalue weighted by Gasteiger charge is -2.48. The summed E-state index contributed by atoms with van der Waals surface area (Å²) in [6.07, 6.45) is -11.7. The third kappa shape index (κ3) is 9.40. The van der Waals surface area contributed by atoms with Crippen LogP contribution in [0.5, 0.6) is 0 Å². The van der Waals surface area contributed by atoms with Crippen LogP contribution in [-0.4, -0.2) is 64.0 Å². The number of hydrogen-bond donors (Lipinski definition) is 1. The highest BCUT2D eigenvalue weighted by Crippen LogP contribution is 2.38. The Labute approximate surface area is 236 Å². The molecule has 1 fully saturated rings. The maximum atomic E-state index is 13.5. The summed E-state index contributed by atoms with van der Waals surface area (Å²) in [4.78, 5) is 28.8. The van der Waals surface area contributed by atoms with Crippen LogP contribution in [0.15, 0.2) is 18.2 Å². The van der Waals surface area contributed by atoms with E-state index in [0.717, 1.165) is 12.0 Å². The first kappa shape index (κ1) is 34.5. The molecule has 41 heavy (non-hydrogen) atoms. The number of piperidine rings is 1. The first-order valence-electron chi connectivity index (χ1n) is 13.5. The Bertz CT molecular complexity index is 1020. The summed E-state index contributed by atoms with van der Waals surface area (Å²) in [6, 6.07) is -0.657. The molecule has 0 saturated carbocycles. The summed E-state index contributed by atoms with van der Waals surface area (Å²) in [6.45, 7) is 9.94. The molecule has 4 atom stereocenters. The lowest BCUT2D eigenvalue weighted by molar-refractivity contribution is -0.143. The molecule has 0 aromatic heterocycles. The molecular formula is C28H40F6N2O5. The molecule has 1 heterocycles. The van der Waals surface area contributed by atoms with E-state index in [1.165, 1.54) is 4.90 Å². The summed E-state index contributed by atoms with van der Waals surface area (Å²) < 4.78 is 91.4. The van der Waals surface area contributed by atoms with Crippen molar-refractivity contribution in [1.29, 1.82) is 0 Å². The molecule has 2 rings (SSSR count). The van der Waals surface area contributed by atoms with Crippen LogP contribution in [0.2, 0.25) is 0 Å². The smallest absolute Gasteiger partial charge is 0.416 e. The molecule has 1 aliphatic heterocycles. The third-order valence-electron chi connectivity index (χ3n) is 7.08. The number of ether oxygens (including phenoxy) is 2. The topological polar surface area (TPSA) is 79.3 Å². The molecule has 0 unspecified atom stereocenters. The number of methoxy groups -OCH3 is 1. The Morgan fingerprint density at radius 2 is 1.51 bits per heavy atom. The molecule has 0 aliphatic carbocycles. The molecule has 1 aromatic carbocycles. The highest BCUT2D eigenvalue weighted by atomic mass is 19.4. The number of rotatable bonds is 7. The number of hydrogen-bond acceptors (Lipinski definition) is 5. The Hall–Kier alpha value is -2.70. The Morgan fingerprint density at radius 1 is 1.00 bits per heavy atom. The van der Waals surface area contributed by atoms with E-state index >= 15 is 0 Å². The van der Waals surface area contributed by atoms with Crippen molar-refractivity contribution in [3.05, 3.63) is 34.9 Å². The van der Waals surface area contributed by atoms with Crippen LogP contribution in [0.25, 0.3) is 0 Å². The summed E-state index contributed by atoms with van der Waals surface area (Å²) in [5.74, 6) is -0.168. The van der Waals surface area contributed by atoms with Crippen LogP contribution in [0.4, 0.5) is 35.9 Å². The van der Waals surface area contributed by atoms with Crippen LogP contribution in [0, 0.1) is 5.92 Å². The first-order chi connectivity index (χ1) is 18.7. The first-order valence-corrected chi connectivity index (χ1v) is 13.5. The van der Waals surface area contributed by atoms with Crippen LogP contribution in [0.1, 0.15) is 83.9 Å². The molecule has 1 aromatic rings. The van der Waals surface area contributed by atoms with Crippen LogP contribution in [0.3, 0.4) is 0 Å². The van der Waals surface area contributed by atoms with Gasteiger partial charge in [0.15, 0.2) is 0 Å². The van der Waals surface area contributed by atoms with Crippen LogP contribution >= 0.6 is 0 Å². The standard InChI is InChI=1S/C28H40F6N2O5/c1-8-20-12-21(13-22(14-23(37)16(2)3)36(20)25(39)41-26(4,5)6)35(24(38)40-7)15-17-9-18(27(29,30)31)11-19(10-17)28(32,33)34/h9-11,16,20-23,37H,8,12-15H2,1-7H3/t20-,21+,22-,23+/m1/s1. The highest BCUT2D eigenvalue weighted by Gasteiger charge is 2.44. The summed E-state index contributed by atoms with van der Waals surface area (Å²) in [5.41, 5.74) is -4.17. The summed E-state index contributed by atoms with van der Waals surface area (Å²) >= 11 is 0. The van der Waals surface area contributed by atoms with Crippen molar-refractivity contribution >= 4 is 12.2 Å². The number of benzene rings is 1. The van der Waals surface area contributed by atoms with Crippen molar-refractivity contribution in [1.82, 2.24) is 9.80 Å². The van der Waals surface area contributed by atoms with Gasteiger partial charge in [-0.15, -0.1) is 0 Å². The molecule has 2 amide bonds. The fraction of sp³-hybridized carbons (Fsp3) is 0.714. The second-order valence-corrected chi connectivity index (χ2v) is 11.8. The lowest BCUT2D eigenvalue weighted by Crippen LogP contribution is -2.59. The van der Waals surface area contributed by atoms with Gasteiger partial charge >= 0.3 is 24.5 Å². The van der Waals surface area contributed by atoms with Crippen molar-refractivity contribution in [3.8, 4) is 0 Å². The van der Waals surface area contributed by atoms with Crippen molar-refractivity contribution in [2.24, 2.45) is 5.92 Å². The zero-order valence-electron chi connectivity index (χ0n) is 24.4. The van der Waals surface area contributed by atoms with Gasteiger partial charge < -0.3 is 24.4 Å². The molecule has 0 spiro atoms. The normalized spacial score (nSPS) is 21.0. The van der Waals surface area contributed by atoms with E-state index in [2.05, 4.69) is 0 Å². The molecule has 0 radical (unpaired) electrons. The van der Waals surface area contributed by atoms with E-state index in [1.807, 2.05) is 6.92 Å². The molecule has 234 valence electrons. The van der Waals surface area contributed by atoms with E-state index < -0.39 is 72.0 Å². The van der Waals surface area contributed by atoms with Crippen molar-refractivity contribution in [2.45, 2.75) is 116 Å². The molecule has 13 heteroatoms. The van der Waals surface area contributed by atoms with Gasteiger partial charge in [0, 0.05) is 24.7 Å². The molecule has 1 N–H and O–H groups in total. The second kappa shape index (κ2) is 13.1. The van der Waals surface area contributed by atoms with Gasteiger partial charge in [0.1, 0.15) is 5.60 Å². The summed E-state index contributed by atoms with van der Waals surface area (Å²) in [7, 11) is 1.07. The minimum Gasteiger partial charge on any atom is -0.453 e. The number of carbonyl (C=O) groups is 2. The average molecular weight is 599 g/mol. The maximum Gasteiger partial charge on any atom is 0.416 e. The Balaban J connectivity index is 2.54. The predicted molar refractivity (Wildman–Crippen MR) is 139 cm³/mol.